The van der Waals surface area contributed by atoms with Crippen LogP contribution in [0.4, 0.5) is 19.7 Å². The van der Waals surface area contributed by atoms with Crippen LogP contribution in [0.1, 0.15) is 28.1 Å². The minimum absolute atomic E-state index is 0.0156. The normalized spacial score (nSPS) is 15.6. The molecule has 1 aliphatic heterocycles. The van der Waals surface area contributed by atoms with Gasteiger partial charge >= 0.3 is 0 Å². The average molecular weight is 608 g/mol. The van der Waals surface area contributed by atoms with Gasteiger partial charge in [-0.25, -0.2) is 27.2 Å². The molecule has 3 heterocycles. The zero-order valence-corrected chi connectivity index (χ0v) is 20.8. The van der Waals surface area contributed by atoms with Crippen LogP contribution in [0.5, 0.6) is 0 Å². The Labute approximate surface area is 206 Å². The molecule has 176 valence electrons. The van der Waals surface area contributed by atoms with Crippen LogP contribution in [-0.4, -0.2) is 52.2 Å². The molecule has 1 fully saturated rings. The fourth-order valence-corrected chi connectivity index (χ4v) is 6.16. The molecule has 0 saturated carbocycles. The van der Waals surface area contributed by atoms with Gasteiger partial charge in [-0.2, -0.15) is 4.31 Å². The van der Waals surface area contributed by atoms with Crippen molar-refractivity contribution in [2.45, 2.75) is 28.5 Å². The Morgan fingerprint density at radius 3 is 2.55 bits per heavy atom. The molecule has 4 rings (SSSR count). The molecule has 1 saturated heterocycles. The number of alkyl halides is 1. The molecule has 2 aromatic heterocycles. The van der Waals surface area contributed by atoms with Crippen LogP contribution in [0.3, 0.4) is 0 Å². The molecular weight excluding hydrogens is 589 g/mol. The van der Waals surface area contributed by atoms with E-state index in [0.717, 1.165) is 23.5 Å². The number of ketones is 1. The van der Waals surface area contributed by atoms with Gasteiger partial charge < -0.3 is 15.6 Å². The number of benzene rings is 1. The minimum Gasteiger partial charge on any atom is -0.382 e. The first-order valence-corrected chi connectivity index (χ1v) is 13.6. The molecule has 33 heavy (non-hydrogen) atoms. The molecule has 0 radical (unpaired) electrons. The van der Waals surface area contributed by atoms with Crippen molar-refractivity contribution in [3.8, 4) is 0 Å². The Bertz CT molecular complexity index is 1270. The van der Waals surface area contributed by atoms with Crippen molar-refractivity contribution in [1.82, 2.24) is 18.8 Å². The van der Waals surface area contributed by atoms with Gasteiger partial charge in [-0.1, -0.05) is 40.0 Å². The zero-order valence-electron chi connectivity index (χ0n) is 17.0. The first-order chi connectivity index (χ1) is 15.7. The van der Waals surface area contributed by atoms with E-state index in [0.29, 0.717) is 22.5 Å². The van der Waals surface area contributed by atoms with Crippen molar-refractivity contribution in [2.24, 2.45) is 0 Å². The van der Waals surface area contributed by atoms with Crippen LogP contribution in [0.2, 0.25) is 0 Å². The fourth-order valence-electron chi connectivity index (χ4n) is 3.47. The maximum Gasteiger partial charge on any atom is 0.262 e. The van der Waals surface area contributed by atoms with Gasteiger partial charge in [0.05, 0.1) is 16.4 Å². The summed E-state index contributed by atoms with van der Waals surface area (Å²) < 4.78 is 57.2. The van der Waals surface area contributed by atoms with E-state index in [1.807, 2.05) is 0 Å². The number of nitrogens with zero attached hydrogens (tertiary/aromatic N) is 4. The zero-order chi connectivity index (χ0) is 23.8. The molecule has 0 amide bonds. The lowest BCUT2D eigenvalue weighted by molar-refractivity contribution is 0.103. The molecular formula is C19H19F2IN6O3S2. The molecule has 9 nitrogen and oxygen atoms in total. The van der Waals surface area contributed by atoms with Crippen molar-refractivity contribution < 1.29 is 22.0 Å². The van der Waals surface area contributed by atoms with E-state index in [-0.39, 0.29) is 34.9 Å². The van der Waals surface area contributed by atoms with E-state index >= 15 is 0 Å². The second-order valence-electron chi connectivity index (χ2n) is 7.33. The molecule has 0 spiro atoms. The van der Waals surface area contributed by atoms with Gasteiger partial charge in [0.2, 0.25) is 5.78 Å². The monoisotopic (exact) mass is 608 g/mol. The summed E-state index contributed by atoms with van der Waals surface area (Å²) in [5, 5.41) is 3.49. The average Bonchev–Trinajstić information content (AvgIpc) is 3.41. The number of nitrogens with two attached hydrogens (primary N) is 1. The van der Waals surface area contributed by atoms with Crippen LogP contribution in [-0.2, 0) is 14.6 Å². The van der Waals surface area contributed by atoms with E-state index in [2.05, 4.69) is 37.9 Å². The lowest BCUT2D eigenvalue weighted by Crippen LogP contribution is -2.42. The highest BCUT2D eigenvalue weighted by molar-refractivity contribution is 14.1. The molecule has 3 aromatic rings. The molecule has 14 heteroatoms. The number of hydrogen-bond acceptors (Lipinski definition) is 8. The Morgan fingerprint density at radius 1 is 1.27 bits per heavy atom. The van der Waals surface area contributed by atoms with Gasteiger partial charge in [0.25, 0.3) is 10.0 Å². The first kappa shape index (κ1) is 24.0. The third-order valence-electron chi connectivity index (χ3n) is 5.18. The fraction of sp³-hybridized carbons (Fsp3) is 0.316. The van der Waals surface area contributed by atoms with E-state index in [9.17, 15) is 22.0 Å². The lowest BCUT2D eigenvalue weighted by Gasteiger charge is -2.30. The number of imidazole rings is 1. The summed E-state index contributed by atoms with van der Waals surface area (Å²) in [5.41, 5.74) is 5.16. The summed E-state index contributed by atoms with van der Waals surface area (Å²) in [6.07, 6.45) is 3.97. The van der Waals surface area contributed by atoms with Crippen molar-refractivity contribution >= 4 is 60.7 Å². The van der Waals surface area contributed by atoms with Crippen molar-refractivity contribution in [2.75, 3.05) is 24.1 Å². The van der Waals surface area contributed by atoms with Crippen LogP contribution >= 0.6 is 33.9 Å². The predicted octanol–water partition coefficient (Wildman–Crippen LogP) is 3.09. The van der Waals surface area contributed by atoms with Gasteiger partial charge in [-0.15, -0.1) is 0 Å². The first-order valence-electron chi connectivity index (χ1n) is 9.80. The van der Waals surface area contributed by atoms with Gasteiger partial charge in [0, 0.05) is 25.3 Å². The summed E-state index contributed by atoms with van der Waals surface area (Å²) in [4.78, 5) is 20.7. The number of anilines is 2. The summed E-state index contributed by atoms with van der Waals surface area (Å²) in [5.74, 6) is -2.94. The van der Waals surface area contributed by atoms with Crippen LogP contribution in [0, 0.1) is 11.6 Å². The molecule has 1 aromatic carbocycles. The number of hydrogen-bond donors (Lipinski definition) is 2. The number of nitrogens with one attached hydrogen (secondary N) is 1. The lowest BCUT2D eigenvalue weighted by atomic mass is 10.1. The largest absolute Gasteiger partial charge is 0.382 e. The summed E-state index contributed by atoms with van der Waals surface area (Å²) in [7, 11) is -3.68. The van der Waals surface area contributed by atoms with E-state index < -0.39 is 33.0 Å². The van der Waals surface area contributed by atoms with Gasteiger partial charge in [-0.3, -0.25) is 4.79 Å². The number of sulfonamides is 1. The number of carbonyl (C=O) groups is 1. The van der Waals surface area contributed by atoms with E-state index in [4.69, 9.17) is 5.73 Å². The van der Waals surface area contributed by atoms with Crippen molar-refractivity contribution in [3.05, 3.63) is 52.8 Å². The second-order valence-corrected chi connectivity index (χ2v) is 10.9. The summed E-state index contributed by atoms with van der Waals surface area (Å²) >= 11 is 3.02. The molecule has 0 unspecified atom stereocenters. The minimum atomic E-state index is -3.68. The van der Waals surface area contributed by atoms with Gasteiger partial charge in [-0.05, 0) is 25.0 Å². The third kappa shape index (κ3) is 4.88. The molecule has 0 bridgehead atoms. The molecule has 3 N–H and O–H groups in total. The number of halogens is 3. The van der Waals surface area contributed by atoms with Crippen molar-refractivity contribution in [3.63, 3.8) is 0 Å². The highest BCUT2D eigenvalue weighted by atomic mass is 127. The van der Waals surface area contributed by atoms with Crippen molar-refractivity contribution in [1.29, 1.82) is 0 Å². The van der Waals surface area contributed by atoms with Crippen LogP contribution in [0.25, 0.3) is 0 Å². The number of aromatic nitrogens is 3. The van der Waals surface area contributed by atoms with Crippen LogP contribution in [0.15, 0.2) is 35.7 Å². The van der Waals surface area contributed by atoms with E-state index in [1.54, 1.807) is 4.57 Å². The Kier molecular flexibility index (Phi) is 6.97. The third-order valence-corrected chi connectivity index (χ3v) is 8.76. The number of rotatable bonds is 7. The number of nitrogen functional groups attached to an aromatic ring is 1. The molecule has 1 aliphatic rings. The highest BCUT2D eigenvalue weighted by Crippen LogP contribution is 2.31. The predicted molar refractivity (Wildman–Crippen MR) is 128 cm³/mol. The Hall–Kier alpha value is -2.17. The molecule has 0 aliphatic carbocycles. The Morgan fingerprint density at radius 2 is 1.94 bits per heavy atom. The second kappa shape index (κ2) is 9.60. The highest BCUT2D eigenvalue weighted by Gasteiger charge is 2.32. The quantitative estimate of drug-likeness (QED) is 0.240. The topological polar surface area (TPSA) is 123 Å². The SMILES string of the molecule is Nc1nc(NC2CCN(S(=O)(=O)c3cn(CI)cn3)CC2)sc1C(=O)c1c(F)cccc1F. The van der Waals surface area contributed by atoms with Crippen LogP contribution < -0.4 is 11.1 Å². The van der Waals surface area contributed by atoms with Gasteiger partial charge in [0.15, 0.2) is 10.2 Å². The number of piperidine rings is 1. The maximum atomic E-state index is 14.0. The number of thiazole rings is 1. The summed E-state index contributed by atoms with van der Waals surface area (Å²) in [6, 6.07) is 3.07. The standard InChI is InChI=1S/C19H19F2IN6O3S2/c20-12-2-1-3-13(21)15(12)16(29)17-18(23)26-19(32-17)25-11-4-6-28(7-5-11)33(30,31)14-8-27(9-22)10-24-14/h1-3,8,10-11H,4-7,9,23H2,(H,25,26). The number of carbonyl (C=O) groups excluding carboxylic acids is 1. The smallest absolute Gasteiger partial charge is 0.262 e. The Balaban J connectivity index is 1.42. The molecule has 0 atom stereocenters. The van der Waals surface area contributed by atoms with E-state index in [1.165, 1.54) is 22.9 Å². The maximum absolute atomic E-state index is 14.0. The van der Waals surface area contributed by atoms with Gasteiger partial charge in [0.1, 0.15) is 22.3 Å². The summed E-state index contributed by atoms with van der Waals surface area (Å²) in [6.45, 7) is 0.564.